The third-order valence-corrected chi connectivity index (χ3v) is 2.72. The summed E-state index contributed by atoms with van der Waals surface area (Å²) in [6.07, 6.45) is -8.08. The van der Waals surface area contributed by atoms with Gasteiger partial charge in [0.15, 0.2) is 6.10 Å². The largest absolute Gasteiger partial charge is 0.463 e. The molecule has 1 saturated heterocycles. The molecule has 0 spiro atoms. The normalized spacial score (nSPS) is 30.3. The fourth-order valence-electron chi connectivity index (χ4n) is 1.88. The molecule has 0 aromatic heterocycles. The smallest absolute Gasteiger partial charge is 0.337 e. The molecule has 10 heteroatoms. The molecule has 8 nitrogen and oxygen atoms in total. The van der Waals surface area contributed by atoms with Gasteiger partial charge in [-0.15, -0.1) is 0 Å². The van der Waals surface area contributed by atoms with Gasteiger partial charge in [0.25, 0.3) is 0 Å². The Hall–Kier alpha value is -1.81. The first-order valence-corrected chi connectivity index (χ1v) is 6.24. The van der Waals surface area contributed by atoms with Crippen molar-refractivity contribution in [1.29, 1.82) is 0 Å². The average Bonchev–Trinajstić information content (AvgIpc) is 2.36. The van der Waals surface area contributed by atoms with Crippen LogP contribution < -0.4 is 0 Å². The topological polar surface area (TPSA) is 108 Å². The summed E-state index contributed by atoms with van der Waals surface area (Å²) in [4.78, 5) is 32.9. The number of esters is 3. The first-order valence-electron chi connectivity index (χ1n) is 6.24. The molecular formula is C12H16F2O8. The molecule has 1 N–H and O–H groups in total. The SMILES string of the molecule is CC(=O)OC[C@H]1O[C@H](O)C(F)(F)[C@@H](OC(C)=O)[C@H]1OC(C)=O. The Balaban J connectivity index is 3.07. The summed E-state index contributed by atoms with van der Waals surface area (Å²) in [5.74, 6) is -6.76. The molecule has 0 aromatic rings. The monoisotopic (exact) mass is 326 g/mol. The van der Waals surface area contributed by atoms with Crippen molar-refractivity contribution in [3.63, 3.8) is 0 Å². The van der Waals surface area contributed by atoms with E-state index >= 15 is 0 Å². The lowest BCUT2D eigenvalue weighted by Crippen LogP contribution is -2.64. The molecule has 0 unspecified atom stereocenters. The van der Waals surface area contributed by atoms with Crippen LogP contribution in [-0.4, -0.2) is 60.1 Å². The van der Waals surface area contributed by atoms with Gasteiger partial charge in [-0.05, 0) is 0 Å². The minimum atomic E-state index is -4.02. The van der Waals surface area contributed by atoms with E-state index in [2.05, 4.69) is 14.2 Å². The van der Waals surface area contributed by atoms with Gasteiger partial charge in [-0.25, -0.2) is 0 Å². The van der Waals surface area contributed by atoms with Crippen LogP contribution in [0.2, 0.25) is 0 Å². The van der Waals surface area contributed by atoms with Crippen LogP contribution in [0.5, 0.6) is 0 Å². The molecule has 0 saturated carbocycles. The lowest BCUT2D eigenvalue weighted by atomic mass is 9.97. The Morgan fingerprint density at radius 1 is 1.09 bits per heavy atom. The number of hydrogen-bond acceptors (Lipinski definition) is 8. The summed E-state index contributed by atoms with van der Waals surface area (Å²) < 4.78 is 46.3. The molecule has 22 heavy (non-hydrogen) atoms. The molecule has 126 valence electrons. The van der Waals surface area contributed by atoms with Crippen molar-refractivity contribution in [2.75, 3.05) is 6.61 Å². The van der Waals surface area contributed by atoms with E-state index in [0.717, 1.165) is 20.8 Å². The molecule has 4 atom stereocenters. The van der Waals surface area contributed by atoms with E-state index in [9.17, 15) is 28.3 Å². The highest BCUT2D eigenvalue weighted by molar-refractivity contribution is 5.68. The van der Waals surface area contributed by atoms with Crippen LogP contribution in [0.25, 0.3) is 0 Å². The van der Waals surface area contributed by atoms with Gasteiger partial charge >= 0.3 is 23.8 Å². The zero-order valence-electron chi connectivity index (χ0n) is 12.1. The molecular weight excluding hydrogens is 310 g/mol. The lowest BCUT2D eigenvalue weighted by molar-refractivity contribution is -0.347. The van der Waals surface area contributed by atoms with Crippen molar-refractivity contribution in [3.05, 3.63) is 0 Å². The van der Waals surface area contributed by atoms with Gasteiger partial charge in [0, 0.05) is 20.8 Å². The fraction of sp³-hybridized carbons (Fsp3) is 0.750. The van der Waals surface area contributed by atoms with E-state index in [1.54, 1.807) is 0 Å². The van der Waals surface area contributed by atoms with Gasteiger partial charge in [-0.2, -0.15) is 8.78 Å². The Labute approximate surface area is 124 Å². The molecule has 0 aromatic carbocycles. The summed E-state index contributed by atoms with van der Waals surface area (Å²) >= 11 is 0. The number of ether oxygens (including phenoxy) is 4. The third kappa shape index (κ3) is 4.34. The number of hydrogen-bond donors (Lipinski definition) is 1. The Morgan fingerprint density at radius 3 is 2.09 bits per heavy atom. The maximum Gasteiger partial charge on any atom is 0.337 e. The molecule has 1 heterocycles. The van der Waals surface area contributed by atoms with Crippen molar-refractivity contribution >= 4 is 17.9 Å². The molecule has 1 rings (SSSR count). The summed E-state index contributed by atoms with van der Waals surface area (Å²) in [7, 11) is 0. The molecule has 1 fully saturated rings. The van der Waals surface area contributed by atoms with E-state index in [1.165, 1.54) is 0 Å². The van der Waals surface area contributed by atoms with Crippen LogP contribution in [0.15, 0.2) is 0 Å². The maximum absolute atomic E-state index is 13.9. The van der Waals surface area contributed by atoms with Gasteiger partial charge in [0.1, 0.15) is 12.7 Å². The highest BCUT2D eigenvalue weighted by Gasteiger charge is 2.61. The second-order valence-corrected chi connectivity index (χ2v) is 4.61. The van der Waals surface area contributed by atoms with Crippen LogP contribution in [-0.2, 0) is 33.3 Å². The first kappa shape index (κ1) is 18.2. The number of carbonyl (C=O) groups is 3. The molecule has 0 radical (unpaired) electrons. The lowest BCUT2D eigenvalue weighted by Gasteiger charge is -2.42. The van der Waals surface area contributed by atoms with Crippen molar-refractivity contribution in [1.82, 2.24) is 0 Å². The molecule has 0 bridgehead atoms. The number of rotatable bonds is 4. The number of aliphatic hydroxyl groups is 1. The molecule has 0 amide bonds. The van der Waals surface area contributed by atoms with E-state index < -0.39 is 55.0 Å². The van der Waals surface area contributed by atoms with E-state index in [1.807, 2.05) is 0 Å². The first-order chi connectivity index (χ1) is 10.1. The standard InChI is InChI=1S/C12H16F2O8/c1-5(15)19-4-8-9(20-6(2)16)10(21-7(3)17)12(13,14)11(18)22-8/h8-11,18H,4H2,1-3H3/t8-,9+,10+,11+/m1/s1. The number of aliphatic hydroxyl groups excluding tert-OH is 1. The van der Waals surface area contributed by atoms with Crippen LogP contribution in [0, 0.1) is 0 Å². The van der Waals surface area contributed by atoms with Gasteiger partial charge < -0.3 is 24.1 Å². The maximum atomic E-state index is 13.9. The van der Waals surface area contributed by atoms with Gasteiger partial charge in [0.2, 0.25) is 12.4 Å². The van der Waals surface area contributed by atoms with Crippen LogP contribution >= 0.6 is 0 Å². The Morgan fingerprint density at radius 2 is 1.64 bits per heavy atom. The molecule has 1 aliphatic heterocycles. The second kappa shape index (κ2) is 6.97. The van der Waals surface area contributed by atoms with Gasteiger partial charge in [-0.1, -0.05) is 0 Å². The van der Waals surface area contributed by atoms with E-state index in [-0.39, 0.29) is 0 Å². The summed E-state index contributed by atoms with van der Waals surface area (Å²) in [5, 5.41) is 9.36. The number of alkyl halides is 2. The average molecular weight is 326 g/mol. The minimum absolute atomic E-state index is 0.571. The predicted molar refractivity (Wildman–Crippen MR) is 63.6 cm³/mol. The van der Waals surface area contributed by atoms with Gasteiger partial charge in [-0.3, -0.25) is 14.4 Å². The van der Waals surface area contributed by atoms with Crippen LogP contribution in [0.1, 0.15) is 20.8 Å². The second-order valence-electron chi connectivity index (χ2n) is 4.61. The minimum Gasteiger partial charge on any atom is -0.463 e. The summed E-state index contributed by atoms with van der Waals surface area (Å²) in [6.45, 7) is 2.33. The molecule has 0 aliphatic carbocycles. The van der Waals surface area contributed by atoms with Gasteiger partial charge in [0.05, 0.1) is 0 Å². The third-order valence-electron chi connectivity index (χ3n) is 2.72. The highest BCUT2D eigenvalue weighted by atomic mass is 19.3. The summed E-state index contributed by atoms with van der Waals surface area (Å²) in [6, 6.07) is 0. The highest BCUT2D eigenvalue weighted by Crippen LogP contribution is 2.37. The van der Waals surface area contributed by atoms with Crippen molar-refractivity contribution in [3.8, 4) is 0 Å². The number of carbonyl (C=O) groups excluding carboxylic acids is 3. The van der Waals surface area contributed by atoms with E-state index in [4.69, 9.17) is 4.74 Å². The van der Waals surface area contributed by atoms with Crippen molar-refractivity contribution in [2.24, 2.45) is 0 Å². The zero-order valence-corrected chi connectivity index (χ0v) is 12.1. The summed E-state index contributed by atoms with van der Waals surface area (Å²) in [5.41, 5.74) is 0. The molecule has 1 aliphatic rings. The van der Waals surface area contributed by atoms with Crippen molar-refractivity contribution < 1.29 is 47.2 Å². The van der Waals surface area contributed by atoms with Crippen LogP contribution in [0.3, 0.4) is 0 Å². The van der Waals surface area contributed by atoms with E-state index in [0.29, 0.717) is 0 Å². The Bertz CT molecular complexity index is 452. The fourth-order valence-corrected chi connectivity index (χ4v) is 1.88. The van der Waals surface area contributed by atoms with Crippen molar-refractivity contribution in [2.45, 2.75) is 51.3 Å². The zero-order chi connectivity index (χ0) is 17.1. The quantitative estimate of drug-likeness (QED) is 0.557. The Kier molecular flexibility index (Phi) is 5.78. The predicted octanol–water partition coefficient (Wildman–Crippen LogP) is -0.235. The number of halogens is 2. The van der Waals surface area contributed by atoms with Crippen LogP contribution in [0.4, 0.5) is 8.78 Å².